The lowest BCUT2D eigenvalue weighted by molar-refractivity contribution is 0.352. The fourth-order valence-corrected chi connectivity index (χ4v) is 1.30. The van der Waals surface area contributed by atoms with Crippen LogP contribution in [0.4, 0.5) is 0 Å². The fourth-order valence-electron chi connectivity index (χ4n) is 1.30. The lowest BCUT2D eigenvalue weighted by Gasteiger charge is -2.12. The van der Waals surface area contributed by atoms with Crippen molar-refractivity contribution in [3.63, 3.8) is 0 Å². The molecule has 2 heteroatoms. The number of ether oxygens (including phenoxy) is 2. The largest absolute Gasteiger partial charge is 0.493 e. The number of rotatable bonds is 3. The highest BCUT2D eigenvalue weighted by atomic mass is 16.5. The molecule has 0 saturated heterocycles. The van der Waals surface area contributed by atoms with E-state index in [2.05, 4.69) is 6.58 Å². The molecule has 0 amide bonds. The normalized spacial score (nSPS) is 9.46. The van der Waals surface area contributed by atoms with Crippen molar-refractivity contribution >= 4 is 6.08 Å². The Morgan fingerprint density at radius 2 is 1.77 bits per heavy atom. The van der Waals surface area contributed by atoms with E-state index in [-0.39, 0.29) is 0 Å². The number of methoxy groups -OCH3 is 2. The summed E-state index contributed by atoms with van der Waals surface area (Å²) in [5.74, 6) is 1.53. The van der Waals surface area contributed by atoms with Crippen LogP contribution in [0.5, 0.6) is 11.5 Å². The Kier molecular flexibility index (Phi) is 2.96. The van der Waals surface area contributed by atoms with Crippen LogP contribution in [-0.4, -0.2) is 14.2 Å². The van der Waals surface area contributed by atoms with Crippen LogP contribution < -0.4 is 9.47 Å². The zero-order chi connectivity index (χ0) is 9.84. The molecule has 0 N–H and O–H groups in total. The molecule has 0 aliphatic rings. The number of benzene rings is 1. The Bertz CT molecular complexity index is 316. The predicted octanol–water partition coefficient (Wildman–Crippen LogP) is 2.66. The average Bonchev–Trinajstić information content (AvgIpc) is 2.17. The summed E-state index contributed by atoms with van der Waals surface area (Å²) in [6, 6.07) is 3.95. The highest BCUT2D eigenvalue weighted by Crippen LogP contribution is 2.34. The Labute approximate surface area is 78.8 Å². The van der Waals surface area contributed by atoms with Crippen LogP contribution in [0, 0.1) is 6.92 Å². The van der Waals surface area contributed by atoms with Gasteiger partial charge in [-0.1, -0.05) is 24.8 Å². The van der Waals surface area contributed by atoms with E-state index >= 15 is 0 Å². The molecular weight excluding hydrogens is 164 g/mol. The smallest absolute Gasteiger partial charge is 0.168 e. The molecule has 0 heterocycles. The predicted molar refractivity (Wildman–Crippen MR) is 54.4 cm³/mol. The van der Waals surface area contributed by atoms with Gasteiger partial charge in [-0.15, -0.1) is 0 Å². The van der Waals surface area contributed by atoms with Gasteiger partial charge in [0.1, 0.15) is 0 Å². The highest BCUT2D eigenvalue weighted by Gasteiger charge is 2.09. The van der Waals surface area contributed by atoms with E-state index in [1.165, 1.54) is 0 Å². The Morgan fingerprint density at radius 3 is 2.23 bits per heavy atom. The Morgan fingerprint density at radius 1 is 1.15 bits per heavy atom. The highest BCUT2D eigenvalue weighted by molar-refractivity contribution is 5.63. The van der Waals surface area contributed by atoms with Crippen molar-refractivity contribution < 1.29 is 9.47 Å². The maximum Gasteiger partial charge on any atom is 0.168 e. The third-order valence-corrected chi connectivity index (χ3v) is 1.97. The van der Waals surface area contributed by atoms with Crippen LogP contribution >= 0.6 is 0 Å². The minimum atomic E-state index is 0.748. The summed E-state index contributed by atoms with van der Waals surface area (Å²) < 4.78 is 10.5. The molecule has 0 aliphatic heterocycles. The topological polar surface area (TPSA) is 18.5 Å². The lowest BCUT2D eigenvalue weighted by atomic mass is 10.1. The number of aryl methyl sites for hydroxylation is 1. The van der Waals surface area contributed by atoms with E-state index in [1.807, 2.05) is 19.1 Å². The summed E-state index contributed by atoms with van der Waals surface area (Å²) in [7, 11) is 3.27. The molecule has 0 unspecified atom stereocenters. The quantitative estimate of drug-likeness (QED) is 0.708. The molecular formula is C11H14O2. The van der Waals surface area contributed by atoms with Gasteiger partial charge < -0.3 is 9.47 Å². The second-order valence-corrected chi connectivity index (χ2v) is 2.74. The van der Waals surface area contributed by atoms with Crippen molar-refractivity contribution in [2.75, 3.05) is 14.2 Å². The molecule has 70 valence electrons. The van der Waals surface area contributed by atoms with Crippen molar-refractivity contribution in [3.8, 4) is 11.5 Å². The van der Waals surface area contributed by atoms with Crippen LogP contribution in [0.15, 0.2) is 18.7 Å². The molecule has 0 radical (unpaired) electrons. The zero-order valence-electron chi connectivity index (χ0n) is 8.26. The summed E-state index contributed by atoms with van der Waals surface area (Å²) in [5.41, 5.74) is 2.01. The van der Waals surface area contributed by atoms with Gasteiger partial charge in [0.2, 0.25) is 0 Å². The molecule has 13 heavy (non-hydrogen) atoms. The van der Waals surface area contributed by atoms with Crippen LogP contribution in [0.25, 0.3) is 6.08 Å². The van der Waals surface area contributed by atoms with Crippen molar-refractivity contribution in [2.45, 2.75) is 6.92 Å². The van der Waals surface area contributed by atoms with E-state index in [9.17, 15) is 0 Å². The van der Waals surface area contributed by atoms with Gasteiger partial charge in [0.25, 0.3) is 0 Å². The van der Waals surface area contributed by atoms with Crippen molar-refractivity contribution in [1.82, 2.24) is 0 Å². The van der Waals surface area contributed by atoms with E-state index in [4.69, 9.17) is 9.47 Å². The second-order valence-electron chi connectivity index (χ2n) is 2.74. The average molecular weight is 178 g/mol. The summed E-state index contributed by atoms with van der Waals surface area (Å²) >= 11 is 0. The van der Waals surface area contributed by atoms with E-state index in [0.717, 1.165) is 22.6 Å². The standard InChI is InChI=1S/C11H14O2/c1-5-9-7-6-8(2)10(12-3)11(9)13-4/h5-7H,1H2,2-4H3. The molecule has 0 saturated carbocycles. The maximum absolute atomic E-state index is 5.24. The summed E-state index contributed by atoms with van der Waals surface area (Å²) in [5, 5.41) is 0. The third-order valence-electron chi connectivity index (χ3n) is 1.97. The van der Waals surface area contributed by atoms with Gasteiger partial charge in [-0.3, -0.25) is 0 Å². The lowest BCUT2D eigenvalue weighted by Crippen LogP contribution is -1.95. The van der Waals surface area contributed by atoms with Crippen LogP contribution in [0.2, 0.25) is 0 Å². The van der Waals surface area contributed by atoms with Gasteiger partial charge in [0.15, 0.2) is 11.5 Å². The maximum atomic E-state index is 5.24. The first kappa shape index (κ1) is 9.65. The van der Waals surface area contributed by atoms with Gasteiger partial charge in [-0.2, -0.15) is 0 Å². The van der Waals surface area contributed by atoms with Crippen molar-refractivity contribution in [1.29, 1.82) is 0 Å². The van der Waals surface area contributed by atoms with Crippen LogP contribution in [0.1, 0.15) is 11.1 Å². The third kappa shape index (κ3) is 1.66. The molecule has 1 aromatic rings. The summed E-state index contributed by atoms with van der Waals surface area (Å²) in [4.78, 5) is 0. The SMILES string of the molecule is C=Cc1ccc(C)c(OC)c1OC. The first-order valence-electron chi connectivity index (χ1n) is 4.08. The first-order chi connectivity index (χ1) is 6.24. The van der Waals surface area contributed by atoms with E-state index in [0.29, 0.717) is 0 Å². The van der Waals surface area contributed by atoms with Gasteiger partial charge in [0, 0.05) is 5.56 Å². The molecule has 0 aliphatic carbocycles. The van der Waals surface area contributed by atoms with Gasteiger partial charge in [-0.25, -0.2) is 0 Å². The van der Waals surface area contributed by atoms with E-state index in [1.54, 1.807) is 20.3 Å². The summed E-state index contributed by atoms with van der Waals surface area (Å²) in [6.07, 6.45) is 1.75. The second kappa shape index (κ2) is 3.99. The minimum absolute atomic E-state index is 0.748. The molecule has 0 aromatic heterocycles. The Hall–Kier alpha value is -1.44. The van der Waals surface area contributed by atoms with Crippen molar-refractivity contribution in [2.24, 2.45) is 0 Å². The van der Waals surface area contributed by atoms with Crippen LogP contribution in [0.3, 0.4) is 0 Å². The van der Waals surface area contributed by atoms with Gasteiger partial charge >= 0.3 is 0 Å². The minimum Gasteiger partial charge on any atom is -0.493 e. The molecule has 0 fully saturated rings. The fraction of sp³-hybridized carbons (Fsp3) is 0.273. The molecule has 0 bridgehead atoms. The molecule has 0 atom stereocenters. The number of hydrogen-bond donors (Lipinski definition) is 0. The van der Waals surface area contributed by atoms with Crippen LogP contribution in [-0.2, 0) is 0 Å². The molecule has 0 spiro atoms. The Balaban J connectivity index is 3.35. The monoisotopic (exact) mass is 178 g/mol. The molecule has 1 rings (SSSR count). The van der Waals surface area contributed by atoms with Gasteiger partial charge in [0.05, 0.1) is 14.2 Å². The number of hydrogen-bond acceptors (Lipinski definition) is 2. The zero-order valence-corrected chi connectivity index (χ0v) is 8.26. The van der Waals surface area contributed by atoms with E-state index < -0.39 is 0 Å². The van der Waals surface area contributed by atoms with Gasteiger partial charge in [-0.05, 0) is 12.5 Å². The molecule has 2 nitrogen and oxygen atoms in total. The molecule has 1 aromatic carbocycles. The first-order valence-corrected chi connectivity index (χ1v) is 4.08. The van der Waals surface area contributed by atoms with Crippen molar-refractivity contribution in [3.05, 3.63) is 29.8 Å². The summed E-state index contributed by atoms with van der Waals surface area (Å²) in [6.45, 7) is 5.69.